The van der Waals surface area contributed by atoms with Crippen LogP contribution in [0.5, 0.6) is 0 Å². The number of rotatable bonds is 14. The second kappa shape index (κ2) is 18.1. The zero-order valence-corrected chi connectivity index (χ0v) is 27.4. The minimum Gasteiger partial charge on any atom is -0.481 e. The van der Waals surface area contributed by atoms with Crippen molar-refractivity contribution in [3.8, 4) is 11.1 Å². The lowest BCUT2D eigenvalue weighted by atomic mass is 9.97. The highest BCUT2D eigenvalue weighted by molar-refractivity contribution is 5.76. The Morgan fingerprint density at radius 3 is 2.19 bits per heavy atom. The number of carboxylic acid groups (broad SMARTS) is 1. The number of hydrogen-bond donors (Lipinski definition) is 3. The molecule has 2 fully saturated rings. The van der Waals surface area contributed by atoms with Crippen molar-refractivity contribution in [3.05, 3.63) is 95.1 Å². The molecule has 0 radical (unpaired) electrons. The summed E-state index contributed by atoms with van der Waals surface area (Å²) in [5, 5.41) is 21.4. The van der Waals surface area contributed by atoms with Gasteiger partial charge in [0.1, 0.15) is 0 Å². The van der Waals surface area contributed by atoms with E-state index in [1.807, 2.05) is 30.3 Å². The average molecular weight is 643 g/mol. The third-order valence-electron chi connectivity index (χ3n) is 9.31. The molecule has 3 N–H and O–H groups in total. The van der Waals surface area contributed by atoms with E-state index >= 15 is 0 Å². The lowest BCUT2D eigenvalue weighted by Crippen LogP contribution is -2.40. The van der Waals surface area contributed by atoms with Crippen LogP contribution in [0.2, 0.25) is 0 Å². The number of amides is 1. The van der Waals surface area contributed by atoms with Gasteiger partial charge in [0, 0.05) is 37.9 Å². The number of carbonyl (C=O) groups excluding carboxylic acids is 1. The number of aliphatic hydroxyl groups is 1. The van der Waals surface area contributed by atoms with Crippen LogP contribution in [0.1, 0.15) is 105 Å². The summed E-state index contributed by atoms with van der Waals surface area (Å²) in [4.78, 5) is 25.7. The topological polar surface area (TPSA) is 108 Å². The lowest BCUT2D eigenvalue weighted by Gasteiger charge is -2.39. The highest BCUT2D eigenvalue weighted by Gasteiger charge is 2.33. The Labute approximate surface area is 279 Å². The van der Waals surface area contributed by atoms with Gasteiger partial charge in [0.2, 0.25) is 5.91 Å². The first-order valence-corrected chi connectivity index (χ1v) is 17.4. The maximum absolute atomic E-state index is 12.5. The second-order valence-corrected chi connectivity index (χ2v) is 12.9. The van der Waals surface area contributed by atoms with Crippen LogP contribution in [0, 0.1) is 0 Å². The number of unbranched alkanes of at least 4 members (excludes halogenated alkanes) is 2. The van der Waals surface area contributed by atoms with Gasteiger partial charge in [-0.1, -0.05) is 98.5 Å². The van der Waals surface area contributed by atoms with Crippen LogP contribution in [-0.4, -0.2) is 52.7 Å². The molecule has 8 nitrogen and oxygen atoms in total. The van der Waals surface area contributed by atoms with Gasteiger partial charge in [0.05, 0.1) is 18.8 Å². The molecule has 2 aliphatic rings. The predicted octanol–water partition coefficient (Wildman–Crippen LogP) is 7.31. The normalized spacial score (nSPS) is 20.7. The van der Waals surface area contributed by atoms with E-state index in [4.69, 9.17) is 14.6 Å². The zero-order chi connectivity index (χ0) is 32.8. The van der Waals surface area contributed by atoms with Crippen molar-refractivity contribution in [3.63, 3.8) is 0 Å². The van der Waals surface area contributed by atoms with Crippen molar-refractivity contribution < 1.29 is 29.3 Å². The molecule has 8 heteroatoms. The van der Waals surface area contributed by atoms with Gasteiger partial charge in [-0.2, -0.15) is 0 Å². The molecule has 0 saturated carbocycles. The summed E-state index contributed by atoms with van der Waals surface area (Å²) in [5.41, 5.74) is 6.10. The number of hydrogen-bond acceptors (Lipinski definition) is 6. The largest absolute Gasteiger partial charge is 0.481 e. The molecule has 0 aliphatic carbocycles. The third-order valence-corrected chi connectivity index (χ3v) is 9.31. The highest BCUT2D eigenvalue weighted by atomic mass is 16.7. The Bertz CT molecular complexity index is 1400. The number of benzene rings is 3. The fourth-order valence-corrected chi connectivity index (χ4v) is 6.61. The van der Waals surface area contributed by atoms with E-state index in [2.05, 4.69) is 52.7 Å². The highest BCUT2D eigenvalue weighted by Crippen LogP contribution is 2.39. The van der Waals surface area contributed by atoms with Gasteiger partial charge in [0.25, 0.3) is 0 Å². The van der Waals surface area contributed by atoms with Gasteiger partial charge in [-0.05, 0) is 66.6 Å². The molecule has 0 spiro atoms. The summed E-state index contributed by atoms with van der Waals surface area (Å²) in [5.74, 6) is -0.821. The minimum absolute atomic E-state index is 0.0210. The van der Waals surface area contributed by atoms with E-state index in [1.165, 1.54) is 32.1 Å². The Kier molecular flexibility index (Phi) is 13.4. The Hall–Kier alpha value is -3.56. The number of likely N-dealkylation sites (tertiary alicyclic amines) is 1. The van der Waals surface area contributed by atoms with Gasteiger partial charge in [-0.15, -0.1) is 0 Å². The van der Waals surface area contributed by atoms with Gasteiger partial charge in [-0.25, -0.2) is 0 Å². The summed E-state index contributed by atoms with van der Waals surface area (Å²) >= 11 is 0. The summed E-state index contributed by atoms with van der Waals surface area (Å²) in [6, 6.07) is 24.5. The predicted molar refractivity (Wildman–Crippen MR) is 182 cm³/mol. The molecule has 5 rings (SSSR count). The molecule has 3 aromatic rings. The Morgan fingerprint density at radius 2 is 1.47 bits per heavy atom. The first-order chi connectivity index (χ1) is 23.0. The molecule has 2 heterocycles. The fourth-order valence-electron chi connectivity index (χ4n) is 6.61. The van der Waals surface area contributed by atoms with Crippen LogP contribution in [0.25, 0.3) is 11.1 Å². The number of carboxylic acids is 1. The Balaban J connectivity index is 1.25. The number of nitrogens with one attached hydrogen (secondary N) is 1. The molecule has 2 aliphatic heterocycles. The van der Waals surface area contributed by atoms with Crippen LogP contribution >= 0.6 is 0 Å². The van der Waals surface area contributed by atoms with E-state index in [-0.39, 0.29) is 31.1 Å². The van der Waals surface area contributed by atoms with Gasteiger partial charge < -0.3 is 29.9 Å². The van der Waals surface area contributed by atoms with Crippen molar-refractivity contribution in [2.45, 2.75) is 102 Å². The SMILES string of the molecule is O=C(O)CCCCCC(=O)NCc1ccccc1-c1ccc(C2OC(CN3CCCCCCC3)CC(c3ccc(CO)cc3)O2)cc1. The molecule has 47 heavy (non-hydrogen) atoms. The van der Waals surface area contributed by atoms with E-state index in [1.54, 1.807) is 0 Å². The Morgan fingerprint density at radius 1 is 0.787 bits per heavy atom. The first-order valence-electron chi connectivity index (χ1n) is 17.4. The summed E-state index contributed by atoms with van der Waals surface area (Å²) < 4.78 is 13.3. The van der Waals surface area contributed by atoms with Crippen molar-refractivity contribution in [1.82, 2.24) is 10.2 Å². The molecule has 252 valence electrons. The smallest absolute Gasteiger partial charge is 0.303 e. The van der Waals surface area contributed by atoms with Crippen LogP contribution in [0.3, 0.4) is 0 Å². The standard InChI is InChI=1S/C39H50N2O6/c42-28-29-15-17-31(18-16-29)36-25-34(27-41-23-9-2-1-3-10-24-41)46-39(47-36)32-21-19-30(20-22-32)35-12-8-7-11-33(35)26-40-37(43)13-5-4-6-14-38(44)45/h7-8,11-12,15-22,34,36,39,42H,1-6,9-10,13-14,23-28H2,(H,40,43)(H,44,45). The van der Waals surface area contributed by atoms with Gasteiger partial charge in [-0.3, -0.25) is 9.59 Å². The number of nitrogens with zero attached hydrogens (tertiary/aromatic N) is 1. The molecule has 0 aromatic heterocycles. The van der Waals surface area contributed by atoms with Crippen molar-refractivity contribution in [2.24, 2.45) is 0 Å². The molecule has 2 saturated heterocycles. The summed E-state index contributed by atoms with van der Waals surface area (Å²) in [7, 11) is 0. The van der Waals surface area contributed by atoms with Crippen molar-refractivity contribution >= 4 is 11.9 Å². The first kappa shape index (κ1) is 34.8. The van der Waals surface area contributed by atoms with Gasteiger partial charge in [0.15, 0.2) is 6.29 Å². The van der Waals surface area contributed by atoms with E-state index in [0.717, 1.165) is 65.9 Å². The number of ether oxygens (including phenoxy) is 2. The van der Waals surface area contributed by atoms with E-state index < -0.39 is 12.3 Å². The quantitative estimate of drug-likeness (QED) is 0.158. The molecule has 1 amide bonds. The maximum Gasteiger partial charge on any atom is 0.303 e. The summed E-state index contributed by atoms with van der Waals surface area (Å²) in [6.45, 7) is 3.57. The molecule has 3 aromatic carbocycles. The molecule has 3 unspecified atom stereocenters. The number of aliphatic hydroxyl groups excluding tert-OH is 1. The van der Waals surface area contributed by atoms with Crippen LogP contribution in [0.4, 0.5) is 0 Å². The molecular formula is C39H50N2O6. The summed E-state index contributed by atoms with van der Waals surface area (Å²) in [6.07, 6.45) is 9.16. The average Bonchev–Trinajstić information content (AvgIpc) is 3.08. The van der Waals surface area contributed by atoms with Crippen LogP contribution in [0.15, 0.2) is 72.8 Å². The molecular weight excluding hydrogens is 592 g/mol. The van der Waals surface area contributed by atoms with E-state index in [9.17, 15) is 14.7 Å². The van der Waals surface area contributed by atoms with Crippen LogP contribution < -0.4 is 5.32 Å². The van der Waals surface area contributed by atoms with Crippen molar-refractivity contribution in [2.75, 3.05) is 19.6 Å². The molecule has 0 bridgehead atoms. The minimum atomic E-state index is -0.796. The van der Waals surface area contributed by atoms with Gasteiger partial charge >= 0.3 is 5.97 Å². The lowest BCUT2D eigenvalue weighted by molar-refractivity contribution is -0.253. The zero-order valence-electron chi connectivity index (χ0n) is 27.4. The van der Waals surface area contributed by atoms with Crippen molar-refractivity contribution in [1.29, 1.82) is 0 Å². The van der Waals surface area contributed by atoms with E-state index in [0.29, 0.717) is 25.8 Å². The number of carbonyl (C=O) groups is 2. The number of aliphatic carboxylic acids is 1. The monoisotopic (exact) mass is 642 g/mol. The second-order valence-electron chi connectivity index (χ2n) is 12.9. The third kappa shape index (κ3) is 10.7. The van der Waals surface area contributed by atoms with Crippen LogP contribution in [-0.2, 0) is 32.2 Å². The maximum atomic E-state index is 12.5. The fraction of sp³-hybridized carbons (Fsp3) is 0.487. The molecule has 3 atom stereocenters.